The Labute approximate surface area is 118 Å². The molecule has 0 aromatic heterocycles. The van der Waals surface area contributed by atoms with Gasteiger partial charge in [0, 0.05) is 17.1 Å². The van der Waals surface area contributed by atoms with Crippen LogP contribution in [0.1, 0.15) is 5.56 Å². The summed E-state index contributed by atoms with van der Waals surface area (Å²) in [5.41, 5.74) is 6.35. The van der Waals surface area contributed by atoms with Gasteiger partial charge in [-0.25, -0.2) is 4.39 Å². The van der Waals surface area contributed by atoms with Crippen LogP contribution in [0, 0.1) is 5.82 Å². The van der Waals surface area contributed by atoms with Crippen LogP contribution in [0.2, 0.25) is 5.02 Å². The Bertz CT molecular complexity index is 577. The van der Waals surface area contributed by atoms with E-state index < -0.39 is 0 Å². The summed E-state index contributed by atoms with van der Waals surface area (Å²) in [6.45, 7) is 0.272. The molecule has 94 valence electrons. The molecule has 2 nitrogen and oxygen atoms in total. The highest BCUT2D eigenvalue weighted by Gasteiger charge is 2.09. The van der Waals surface area contributed by atoms with E-state index in [9.17, 15) is 4.39 Å². The monoisotopic (exact) mass is 329 g/mol. The summed E-state index contributed by atoms with van der Waals surface area (Å²) in [5, 5.41) is 0.549. The van der Waals surface area contributed by atoms with Crippen molar-refractivity contribution in [2.45, 2.75) is 6.54 Å². The molecule has 2 rings (SSSR count). The third-order valence-corrected chi connectivity index (χ3v) is 3.37. The van der Waals surface area contributed by atoms with Crippen LogP contribution in [0.15, 0.2) is 40.9 Å². The van der Waals surface area contributed by atoms with E-state index in [2.05, 4.69) is 15.9 Å². The molecule has 0 unspecified atom stereocenters. The minimum atomic E-state index is -0.334. The molecule has 2 aromatic rings. The number of ether oxygens (including phenoxy) is 1. The van der Waals surface area contributed by atoms with Crippen LogP contribution >= 0.6 is 27.5 Å². The van der Waals surface area contributed by atoms with Gasteiger partial charge >= 0.3 is 0 Å². The summed E-state index contributed by atoms with van der Waals surface area (Å²) in [5.74, 6) is 0.741. The van der Waals surface area contributed by atoms with Gasteiger partial charge in [0.05, 0.1) is 4.47 Å². The highest BCUT2D eigenvalue weighted by Crippen LogP contribution is 2.34. The molecule has 5 heteroatoms. The van der Waals surface area contributed by atoms with Crippen LogP contribution in [-0.2, 0) is 6.54 Å². The van der Waals surface area contributed by atoms with E-state index in [-0.39, 0.29) is 12.4 Å². The minimum absolute atomic E-state index is 0.272. The highest BCUT2D eigenvalue weighted by atomic mass is 79.9. The third kappa shape index (κ3) is 2.83. The van der Waals surface area contributed by atoms with Gasteiger partial charge in [0.25, 0.3) is 0 Å². The molecular weight excluding hydrogens is 321 g/mol. The molecule has 18 heavy (non-hydrogen) atoms. The number of nitrogens with two attached hydrogens (primary N) is 1. The molecule has 0 aliphatic rings. The zero-order valence-electron chi connectivity index (χ0n) is 9.29. The van der Waals surface area contributed by atoms with Crippen molar-refractivity contribution in [3.8, 4) is 11.5 Å². The molecule has 0 bridgehead atoms. The maximum Gasteiger partial charge on any atom is 0.141 e. The zero-order chi connectivity index (χ0) is 13.1. The first-order chi connectivity index (χ1) is 8.61. The number of benzene rings is 2. The summed E-state index contributed by atoms with van der Waals surface area (Å²) >= 11 is 9.27. The van der Waals surface area contributed by atoms with Gasteiger partial charge in [-0.2, -0.15) is 0 Å². The fraction of sp³-hybridized carbons (Fsp3) is 0.0769. The molecular formula is C13H10BrClFNO. The molecule has 0 saturated carbocycles. The lowest BCUT2D eigenvalue weighted by Gasteiger charge is -2.12. The summed E-state index contributed by atoms with van der Waals surface area (Å²) < 4.78 is 19.2. The number of hydrogen-bond donors (Lipinski definition) is 1. The highest BCUT2D eigenvalue weighted by molar-refractivity contribution is 9.10. The van der Waals surface area contributed by atoms with Crippen LogP contribution < -0.4 is 10.5 Å². The Kier molecular flexibility index (Phi) is 4.22. The zero-order valence-corrected chi connectivity index (χ0v) is 11.6. The lowest BCUT2D eigenvalue weighted by atomic mass is 10.2. The molecule has 0 fully saturated rings. The largest absolute Gasteiger partial charge is 0.456 e. The fourth-order valence-electron chi connectivity index (χ4n) is 1.51. The SMILES string of the molecule is NCc1c(Cl)cccc1Oc1ccc(F)cc1Br. The average molecular weight is 331 g/mol. The number of halogens is 3. The van der Waals surface area contributed by atoms with E-state index in [0.717, 1.165) is 5.56 Å². The Balaban J connectivity index is 2.37. The van der Waals surface area contributed by atoms with Crippen molar-refractivity contribution in [2.24, 2.45) is 5.73 Å². The lowest BCUT2D eigenvalue weighted by Crippen LogP contribution is -2.00. The molecule has 0 aliphatic heterocycles. The van der Waals surface area contributed by atoms with E-state index in [1.807, 2.05) is 0 Å². The predicted octanol–water partition coefficient (Wildman–Crippen LogP) is 4.49. The molecule has 0 atom stereocenters. The Hall–Kier alpha value is -1.10. The van der Waals surface area contributed by atoms with Crippen LogP contribution in [0.3, 0.4) is 0 Å². The van der Waals surface area contributed by atoms with Gasteiger partial charge in [-0.15, -0.1) is 0 Å². The Morgan fingerprint density at radius 2 is 2.00 bits per heavy atom. The maximum atomic E-state index is 13.0. The van der Waals surface area contributed by atoms with Crippen molar-refractivity contribution in [1.82, 2.24) is 0 Å². The smallest absolute Gasteiger partial charge is 0.141 e. The molecule has 2 N–H and O–H groups in total. The number of hydrogen-bond acceptors (Lipinski definition) is 2. The van der Waals surface area contributed by atoms with Crippen molar-refractivity contribution in [3.63, 3.8) is 0 Å². The fourth-order valence-corrected chi connectivity index (χ4v) is 2.18. The first-order valence-corrected chi connectivity index (χ1v) is 6.39. The van der Waals surface area contributed by atoms with E-state index >= 15 is 0 Å². The standard InChI is InChI=1S/C13H10BrClFNO/c14-10-6-8(16)4-5-13(10)18-12-3-1-2-11(15)9(12)7-17/h1-6H,7,17H2. The summed E-state index contributed by atoms with van der Waals surface area (Å²) in [6.07, 6.45) is 0. The Morgan fingerprint density at radius 3 is 2.67 bits per heavy atom. The van der Waals surface area contributed by atoms with Crippen LogP contribution in [0.25, 0.3) is 0 Å². The van der Waals surface area contributed by atoms with Crippen molar-refractivity contribution in [1.29, 1.82) is 0 Å². The number of rotatable bonds is 3. The van der Waals surface area contributed by atoms with Gasteiger partial charge in [-0.1, -0.05) is 17.7 Å². The molecule has 0 aliphatic carbocycles. The van der Waals surface area contributed by atoms with E-state index in [4.69, 9.17) is 22.1 Å². The van der Waals surface area contributed by atoms with Crippen LogP contribution in [0.5, 0.6) is 11.5 Å². The van der Waals surface area contributed by atoms with Crippen LogP contribution in [-0.4, -0.2) is 0 Å². The summed E-state index contributed by atoms with van der Waals surface area (Å²) in [4.78, 5) is 0. The second kappa shape index (κ2) is 5.69. The minimum Gasteiger partial charge on any atom is -0.456 e. The first-order valence-electron chi connectivity index (χ1n) is 5.22. The normalized spacial score (nSPS) is 10.4. The maximum absolute atomic E-state index is 13.0. The second-order valence-corrected chi connectivity index (χ2v) is 4.86. The van der Waals surface area contributed by atoms with Gasteiger partial charge < -0.3 is 10.5 Å². The summed E-state index contributed by atoms with van der Waals surface area (Å²) in [6, 6.07) is 9.49. The van der Waals surface area contributed by atoms with Crippen LogP contribution in [0.4, 0.5) is 4.39 Å². The van der Waals surface area contributed by atoms with Gasteiger partial charge in [0.15, 0.2) is 0 Å². The van der Waals surface area contributed by atoms with Crippen molar-refractivity contribution >= 4 is 27.5 Å². The van der Waals surface area contributed by atoms with Gasteiger partial charge in [0.1, 0.15) is 17.3 Å². The molecule has 0 radical (unpaired) electrons. The van der Waals surface area contributed by atoms with Gasteiger partial charge in [-0.05, 0) is 46.3 Å². The topological polar surface area (TPSA) is 35.2 Å². The third-order valence-electron chi connectivity index (χ3n) is 2.39. The first kappa shape index (κ1) is 13.3. The second-order valence-electron chi connectivity index (χ2n) is 3.60. The van der Waals surface area contributed by atoms with Crippen molar-refractivity contribution in [3.05, 3.63) is 57.3 Å². The van der Waals surface area contributed by atoms with Gasteiger partial charge in [-0.3, -0.25) is 0 Å². The van der Waals surface area contributed by atoms with E-state index in [0.29, 0.717) is 21.0 Å². The molecule has 0 amide bonds. The Morgan fingerprint density at radius 1 is 1.22 bits per heavy atom. The quantitative estimate of drug-likeness (QED) is 0.899. The van der Waals surface area contributed by atoms with E-state index in [1.54, 1.807) is 24.3 Å². The predicted molar refractivity (Wildman–Crippen MR) is 73.5 cm³/mol. The summed E-state index contributed by atoms with van der Waals surface area (Å²) in [7, 11) is 0. The van der Waals surface area contributed by atoms with Crippen molar-refractivity contribution in [2.75, 3.05) is 0 Å². The van der Waals surface area contributed by atoms with Crippen molar-refractivity contribution < 1.29 is 9.13 Å². The molecule has 0 spiro atoms. The molecule has 0 saturated heterocycles. The lowest BCUT2D eigenvalue weighted by molar-refractivity contribution is 0.471. The average Bonchev–Trinajstić information content (AvgIpc) is 2.33. The van der Waals surface area contributed by atoms with Gasteiger partial charge in [0.2, 0.25) is 0 Å². The molecule has 2 aromatic carbocycles. The molecule has 0 heterocycles. The van der Waals surface area contributed by atoms with E-state index in [1.165, 1.54) is 12.1 Å².